The van der Waals surface area contributed by atoms with Crippen LogP contribution in [0.25, 0.3) is 10.2 Å². The number of nitrogens with zero attached hydrogens (tertiary/aromatic N) is 2. The zero-order valence-corrected chi connectivity index (χ0v) is 15.9. The number of para-hydroxylation sites is 1. The third-order valence-corrected chi connectivity index (χ3v) is 6.55. The molecule has 1 fully saturated rings. The minimum Gasteiger partial charge on any atom is -0.378 e. The zero-order valence-electron chi connectivity index (χ0n) is 14.3. The molecule has 0 saturated carbocycles. The van der Waals surface area contributed by atoms with Crippen LogP contribution in [0.2, 0.25) is 0 Å². The van der Waals surface area contributed by atoms with Crippen LogP contribution in [0.3, 0.4) is 0 Å². The number of rotatable bonds is 5. The number of aromatic nitrogens is 1. The van der Waals surface area contributed by atoms with Crippen molar-refractivity contribution >= 4 is 39.0 Å². The van der Waals surface area contributed by atoms with Gasteiger partial charge in [0.15, 0.2) is 4.34 Å². The molecule has 3 aromatic rings. The molecule has 0 spiro atoms. The van der Waals surface area contributed by atoms with Gasteiger partial charge in [0.05, 0.1) is 16.3 Å². The Labute approximate surface area is 156 Å². The van der Waals surface area contributed by atoms with E-state index >= 15 is 0 Å². The Kier molecular flexibility index (Phi) is 4.94. The van der Waals surface area contributed by atoms with Crippen molar-refractivity contribution in [3.8, 4) is 0 Å². The van der Waals surface area contributed by atoms with Gasteiger partial charge in [-0.3, -0.25) is 5.32 Å². The molecule has 0 amide bonds. The average Bonchev–Trinajstić information content (AvgIpc) is 3.26. The van der Waals surface area contributed by atoms with Crippen LogP contribution < -0.4 is 10.2 Å². The lowest BCUT2D eigenvalue weighted by molar-refractivity contribution is 0.0535. The van der Waals surface area contributed by atoms with Crippen molar-refractivity contribution < 1.29 is 4.74 Å². The Morgan fingerprint density at radius 1 is 1.20 bits per heavy atom. The van der Waals surface area contributed by atoms with E-state index in [4.69, 9.17) is 4.74 Å². The maximum atomic E-state index is 6.17. The SMILES string of the molecule is CN(C)c1ccc([C@@H]2NC[C@@H](CSc3nc4ccccc4s3)O2)cc1. The molecule has 1 saturated heterocycles. The molecule has 0 bridgehead atoms. The number of hydrogen-bond acceptors (Lipinski definition) is 6. The molecule has 0 aliphatic carbocycles. The number of hydrogen-bond donors (Lipinski definition) is 1. The zero-order chi connectivity index (χ0) is 17.2. The lowest BCUT2D eigenvalue weighted by Gasteiger charge is -2.16. The normalized spacial score (nSPS) is 20.2. The van der Waals surface area contributed by atoms with E-state index in [9.17, 15) is 0 Å². The first-order valence-electron chi connectivity index (χ1n) is 8.33. The van der Waals surface area contributed by atoms with Gasteiger partial charge in [0.1, 0.15) is 6.23 Å². The predicted molar refractivity (Wildman–Crippen MR) is 107 cm³/mol. The van der Waals surface area contributed by atoms with Crippen molar-refractivity contribution in [2.24, 2.45) is 0 Å². The maximum absolute atomic E-state index is 6.17. The largest absolute Gasteiger partial charge is 0.378 e. The first-order valence-corrected chi connectivity index (χ1v) is 10.1. The summed E-state index contributed by atoms with van der Waals surface area (Å²) in [6.07, 6.45) is 0.188. The van der Waals surface area contributed by atoms with Crippen LogP contribution in [-0.2, 0) is 4.74 Å². The molecular formula is C19H21N3OS2. The summed E-state index contributed by atoms with van der Waals surface area (Å²) >= 11 is 3.54. The second kappa shape index (κ2) is 7.33. The molecule has 4 rings (SSSR count). The highest BCUT2D eigenvalue weighted by Gasteiger charge is 2.26. The van der Waals surface area contributed by atoms with Crippen molar-refractivity contribution in [3.63, 3.8) is 0 Å². The van der Waals surface area contributed by atoms with Crippen LogP contribution in [0.4, 0.5) is 5.69 Å². The van der Waals surface area contributed by atoms with Gasteiger partial charge in [-0.05, 0) is 29.8 Å². The van der Waals surface area contributed by atoms with Gasteiger partial charge in [-0.1, -0.05) is 36.0 Å². The minimum absolute atomic E-state index is 0.0165. The monoisotopic (exact) mass is 371 g/mol. The van der Waals surface area contributed by atoms with Crippen LogP contribution in [0.1, 0.15) is 11.8 Å². The topological polar surface area (TPSA) is 37.4 Å². The number of thioether (sulfide) groups is 1. The van der Waals surface area contributed by atoms with Crippen molar-refractivity contribution in [1.29, 1.82) is 0 Å². The fourth-order valence-corrected chi connectivity index (χ4v) is 4.94. The Balaban J connectivity index is 1.34. The van der Waals surface area contributed by atoms with E-state index in [0.717, 1.165) is 22.2 Å². The highest BCUT2D eigenvalue weighted by atomic mass is 32.2. The summed E-state index contributed by atoms with van der Waals surface area (Å²) in [6, 6.07) is 16.8. The molecule has 2 aromatic carbocycles. The Bertz CT molecular complexity index is 814. The van der Waals surface area contributed by atoms with Crippen molar-refractivity contribution in [1.82, 2.24) is 10.3 Å². The molecule has 6 heteroatoms. The average molecular weight is 372 g/mol. The summed E-state index contributed by atoms with van der Waals surface area (Å²) in [7, 11) is 4.10. The van der Waals surface area contributed by atoms with Crippen LogP contribution in [0.15, 0.2) is 52.9 Å². The quantitative estimate of drug-likeness (QED) is 0.682. The molecule has 1 aromatic heterocycles. The highest BCUT2D eigenvalue weighted by Crippen LogP contribution is 2.32. The summed E-state index contributed by atoms with van der Waals surface area (Å²) in [4.78, 5) is 6.78. The van der Waals surface area contributed by atoms with E-state index < -0.39 is 0 Å². The van der Waals surface area contributed by atoms with Gasteiger partial charge in [-0.15, -0.1) is 11.3 Å². The molecule has 1 aliphatic rings. The molecule has 0 unspecified atom stereocenters. The predicted octanol–water partition coefficient (Wildman–Crippen LogP) is 4.14. The van der Waals surface area contributed by atoms with Gasteiger partial charge in [-0.25, -0.2) is 4.98 Å². The highest BCUT2D eigenvalue weighted by molar-refractivity contribution is 8.01. The molecule has 0 radical (unpaired) electrons. The maximum Gasteiger partial charge on any atom is 0.151 e. The molecule has 130 valence electrons. The first kappa shape index (κ1) is 16.8. The number of anilines is 1. The fourth-order valence-electron chi connectivity index (χ4n) is 2.85. The van der Waals surface area contributed by atoms with Crippen LogP contribution in [0, 0.1) is 0 Å². The standard InChI is InChI=1S/C19H21N3OS2/c1-22(2)14-9-7-13(8-10-14)18-20-11-15(23-18)12-24-19-21-16-5-3-4-6-17(16)25-19/h3-10,15,18,20H,11-12H2,1-2H3/t15-,18+/m0/s1. The van der Waals surface area contributed by atoms with Crippen LogP contribution >= 0.6 is 23.1 Å². The first-order chi connectivity index (χ1) is 12.2. The third kappa shape index (κ3) is 3.82. The summed E-state index contributed by atoms with van der Waals surface area (Å²) < 4.78 is 8.53. The second-order valence-electron chi connectivity index (χ2n) is 6.29. The third-order valence-electron chi connectivity index (χ3n) is 4.24. The van der Waals surface area contributed by atoms with Crippen molar-refractivity contribution in [2.45, 2.75) is 16.7 Å². The van der Waals surface area contributed by atoms with Gasteiger partial charge >= 0.3 is 0 Å². The number of fused-ring (bicyclic) bond motifs is 1. The molecule has 4 nitrogen and oxygen atoms in total. The van der Waals surface area contributed by atoms with Crippen LogP contribution in [0.5, 0.6) is 0 Å². The summed E-state index contributed by atoms with van der Waals surface area (Å²) in [5, 5.41) is 3.47. The van der Waals surface area contributed by atoms with Crippen LogP contribution in [-0.4, -0.2) is 37.5 Å². The molecule has 2 atom stereocenters. The van der Waals surface area contributed by atoms with Crippen molar-refractivity contribution in [3.05, 3.63) is 54.1 Å². The number of nitrogens with one attached hydrogen (secondary N) is 1. The molecular weight excluding hydrogens is 350 g/mol. The van der Waals surface area contributed by atoms with Gasteiger partial charge < -0.3 is 9.64 Å². The van der Waals surface area contributed by atoms with E-state index in [1.807, 2.05) is 6.07 Å². The molecule has 1 aliphatic heterocycles. The van der Waals surface area contributed by atoms with E-state index in [2.05, 4.69) is 71.8 Å². The van der Waals surface area contributed by atoms with Gasteiger partial charge in [0, 0.05) is 32.1 Å². The Morgan fingerprint density at radius 2 is 2.00 bits per heavy atom. The summed E-state index contributed by atoms with van der Waals surface area (Å²) in [5.41, 5.74) is 3.46. The lowest BCUT2D eigenvalue weighted by atomic mass is 10.2. The van der Waals surface area contributed by atoms with Gasteiger partial charge in [0.25, 0.3) is 0 Å². The minimum atomic E-state index is -0.0165. The lowest BCUT2D eigenvalue weighted by Crippen LogP contribution is -2.16. The molecule has 1 N–H and O–H groups in total. The van der Waals surface area contributed by atoms with Crippen molar-refractivity contribution in [2.75, 3.05) is 31.3 Å². The molecule has 2 heterocycles. The van der Waals surface area contributed by atoms with Gasteiger partial charge in [-0.2, -0.15) is 0 Å². The Morgan fingerprint density at radius 3 is 2.76 bits per heavy atom. The Hall–Kier alpha value is -1.60. The van der Waals surface area contributed by atoms with E-state index in [1.54, 1.807) is 23.1 Å². The summed E-state index contributed by atoms with van der Waals surface area (Å²) in [6.45, 7) is 0.873. The number of benzene rings is 2. The second-order valence-corrected chi connectivity index (χ2v) is 8.59. The smallest absolute Gasteiger partial charge is 0.151 e. The fraction of sp³-hybridized carbons (Fsp3) is 0.316. The van der Waals surface area contributed by atoms with Gasteiger partial charge in [0.2, 0.25) is 0 Å². The molecule has 25 heavy (non-hydrogen) atoms. The number of ether oxygens (including phenoxy) is 1. The number of thiazole rings is 1. The van der Waals surface area contributed by atoms with E-state index in [0.29, 0.717) is 0 Å². The van der Waals surface area contributed by atoms with E-state index in [1.165, 1.54) is 16.0 Å². The summed E-state index contributed by atoms with van der Waals surface area (Å²) in [5.74, 6) is 0.916. The van der Waals surface area contributed by atoms with E-state index in [-0.39, 0.29) is 12.3 Å².